The lowest BCUT2D eigenvalue weighted by atomic mass is 9.92. The summed E-state index contributed by atoms with van der Waals surface area (Å²) < 4.78 is 0. The number of carboxylic acid groups (broad SMARTS) is 1. The molecule has 0 spiro atoms. The van der Waals surface area contributed by atoms with Crippen LogP contribution in [-0.2, 0) is 0 Å². The molecular weight excluding hydrogens is 292 g/mol. The van der Waals surface area contributed by atoms with Gasteiger partial charge < -0.3 is 5.11 Å². The zero-order valence-corrected chi connectivity index (χ0v) is 12.4. The average molecular weight is 304 g/mol. The summed E-state index contributed by atoms with van der Waals surface area (Å²) in [5, 5.41) is 17.5. The minimum Gasteiger partial charge on any atom is -0.478 e. The third-order valence-electron chi connectivity index (χ3n) is 3.93. The molecular formula is C19H12O2S. The summed E-state index contributed by atoms with van der Waals surface area (Å²) in [4.78, 5) is 11.5. The highest BCUT2D eigenvalue weighted by atomic mass is 32.1. The number of thiophene rings is 1. The Kier molecular flexibility index (Phi) is 2.94. The van der Waals surface area contributed by atoms with Crippen molar-refractivity contribution in [3.8, 4) is 11.1 Å². The zero-order valence-electron chi connectivity index (χ0n) is 11.6. The molecule has 106 valence electrons. The highest BCUT2D eigenvalue weighted by Crippen LogP contribution is 2.39. The monoisotopic (exact) mass is 304 g/mol. The van der Waals surface area contributed by atoms with Gasteiger partial charge in [-0.25, -0.2) is 4.79 Å². The predicted octanol–water partition coefficient (Wildman–Crippen LogP) is 5.42. The van der Waals surface area contributed by atoms with Crippen molar-refractivity contribution in [1.29, 1.82) is 0 Å². The molecule has 0 atom stereocenters. The highest BCUT2D eigenvalue weighted by Gasteiger charge is 2.17. The Morgan fingerprint density at radius 1 is 0.864 bits per heavy atom. The smallest absolute Gasteiger partial charge is 0.337 e. The van der Waals surface area contributed by atoms with Crippen molar-refractivity contribution < 1.29 is 9.90 Å². The molecule has 0 amide bonds. The second kappa shape index (κ2) is 4.97. The van der Waals surface area contributed by atoms with E-state index >= 15 is 0 Å². The fourth-order valence-corrected chi connectivity index (χ4v) is 3.77. The van der Waals surface area contributed by atoms with E-state index < -0.39 is 5.97 Å². The average Bonchev–Trinajstić information content (AvgIpc) is 3.02. The minimum absolute atomic E-state index is 0.367. The van der Waals surface area contributed by atoms with Gasteiger partial charge in [0.05, 0.1) is 5.56 Å². The van der Waals surface area contributed by atoms with E-state index in [1.54, 1.807) is 5.38 Å². The number of benzene rings is 3. The van der Waals surface area contributed by atoms with Crippen molar-refractivity contribution in [3.05, 3.63) is 70.9 Å². The van der Waals surface area contributed by atoms with E-state index in [2.05, 4.69) is 30.3 Å². The van der Waals surface area contributed by atoms with Crippen LogP contribution in [0.3, 0.4) is 0 Å². The summed E-state index contributed by atoms with van der Waals surface area (Å²) >= 11 is 1.43. The molecule has 0 bridgehead atoms. The van der Waals surface area contributed by atoms with Crippen LogP contribution >= 0.6 is 11.3 Å². The molecule has 0 radical (unpaired) electrons. The van der Waals surface area contributed by atoms with Crippen molar-refractivity contribution in [3.63, 3.8) is 0 Å². The molecule has 0 fully saturated rings. The summed E-state index contributed by atoms with van der Waals surface area (Å²) in [5.41, 5.74) is 2.17. The fraction of sp³-hybridized carbons (Fsp3) is 0. The number of hydrogen-bond acceptors (Lipinski definition) is 2. The van der Waals surface area contributed by atoms with E-state index in [-0.39, 0.29) is 0 Å². The Labute approximate surface area is 131 Å². The molecule has 3 heteroatoms. The molecule has 4 aromatic rings. The van der Waals surface area contributed by atoms with E-state index in [0.717, 1.165) is 32.7 Å². The van der Waals surface area contributed by atoms with Crippen molar-refractivity contribution >= 4 is 38.9 Å². The molecule has 0 saturated heterocycles. The van der Waals surface area contributed by atoms with E-state index in [9.17, 15) is 9.90 Å². The van der Waals surface area contributed by atoms with Gasteiger partial charge in [-0.1, -0.05) is 48.5 Å². The third-order valence-corrected chi connectivity index (χ3v) is 4.68. The van der Waals surface area contributed by atoms with Gasteiger partial charge in [0.15, 0.2) is 0 Å². The number of aromatic carboxylic acids is 1. The normalized spacial score (nSPS) is 11.1. The SMILES string of the molecule is O=C(O)c1cscc1-c1c2ccccc2cc2ccccc12. The van der Waals surface area contributed by atoms with Gasteiger partial charge in [-0.05, 0) is 38.6 Å². The lowest BCUT2D eigenvalue weighted by molar-refractivity contribution is 0.0698. The van der Waals surface area contributed by atoms with Crippen molar-refractivity contribution in [1.82, 2.24) is 0 Å². The topological polar surface area (TPSA) is 37.3 Å². The van der Waals surface area contributed by atoms with Crippen LogP contribution in [0.15, 0.2) is 65.4 Å². The van der Waals surface area contributed by atoms with E-state index in [1.807, 2.05) is 29.6 Å². The number of hydrogen-bond donors (Lipinski definition) is 1. The number of fused-ring (bicyclic) bond motifs is 2. The maximum atomic E-state index is 11.5. The quantitative estimate of drug-likeness (QED) is 0.502. The van der Waals surface area contributed by atoms with Gasteiger partial charge in [0.25, 0.3) is 0 Å². The first-order valence-corrected chi connectivity index (χ1v) is 7.90. The van der Waals surface area contributed by atoms with Crippen molar-refractivity contribution in [2.45, 2.75) is 0 Å². The van der Waals surface area contributed by atoms with Gasteiger partial charge in [-0.3, -0.25) is 0 Å². The molecule has 1 aromatic heterocycles. The second-order valence-electron chi connectivity index (χ2n) is 5.20. The summed E-state index contributed by atoms with van der Waals surface area (Å²) in [7, 11) is 0. The summed E-state index contributed by atoms with van der Waals surface area (Å²) in [6.07, 6.45) is 0. The molecule has 1 N–H and O–H groups in total. The third kappa shape index (κ3) is 1.90. The molecule has 0 unspecified atom stereocenters. The zero-order chi connectivity index (χ0) is 15.1. The Morgan fingerprint density at radius 2 is 1.45 bits per heavy atom. The van der Waals surface area contributed by atoms with Crippen molar-refractivity contribution in [2.24, 2.45) is 0 Å². The van der Waals surface area contributed by atoms with Crippen molar-refractivity contribution in [2.75, 3.05) is 0 Å². The first-order chi connectivity index (χ1) is 10.8. The summed E-state index contributed by atoms with van der Waals surface area (Å²) in [6.45, 7) is 0. The van der Waals surface area contributed by atoms with E-state index in [1.165, 1.54) is 11.3 Å². The first-order valence-electron chi connectivity index (χ1n) is 6.96. The molecule has 0 aliphatic rings. The fourth-order valence-electron chi connectivity index (χ4n) is 2.96. The minimum atomic E-state index is -0.881. The number of carboxylic acids is 1. The predicted molar refractivity (Wildman–Crippen MR) is 91.7 cm³/mol. The maximum absolute atomic E-state index is 11.5. The Hall–Kier alpha value is -2.65. The van der Waals surface area contributed by atoms with Crippen LogP contribution in [0.5, 0.6) is 0 Å². The largest absolute Gasteiger partial charge is 0.478 e. The lowest BCUT2D eigenvalue weighted by Crippen LogP contribution is -1.96. The Morgan fingerprint density at radius 3 is 2.05 bits per heavy atom. The second-order valence-corrected chi connectivity index (χ2v) is 5.94. The first kappa shape index (κ1) is 13.0. The van der Waals surface area contributed by atoms with Crippen LogP contribution in [0.1, 0.15) is 10.4 Å². The molecule has 0 aliphatic heterocycles. The van der Waals surface area contributed by atoms with Crippen LogP contribution in [-0.4, -0.2) is 11.1 Å². The molecule has 0 saturated carbocycles. The van der Waals surface area contributed by atoms with Gasteiger partial charge in [-0.2, -0.15) is 11.3 Å². The van der Waals surface area contributed by atoms with Crippen LogP contribution in [0.25, 0.3) is 32.7 Å². The number of carbonyl (C=O) groups is 1. The van der Waals surface area contributed by atoms with Crippen LogP contribution in [0, 0.1) is 0 Å². The molecule has 22 heavy (non-hydrogen) atoms. The van der Waals surface area contributed by atoms with Gasteiger partial charge in [0, 0.05) is 10.9 Å². The number of rotatable bonds is 2. The Bertz CT molecular complexity index is 960. The summed E-state index contributed by atoms with van der Waals surface area (Å²) in [6, 6.07) is 18.4. The van der Waals surface area contributed by atoms with Gasteiger partial charge in [0.1, 0.15) is 0 Å². The maximum Gasteiger partial charge on any atom is 0.337 e. The summed E-state index contributed by atoms with van der Waals surface area (Å²) in [5.74, 6) is -0.881. The lowest BCUT2D eigenvalue weighted by Gasteiger charge is -2.11. The van der Waals surface area contributed by atoms with Gasteiger partial charge >= 0.3 is 5.97 Å². The standard InChI is InChI=1S/C19H12O2S/c20-19(21)17-11-22-10-16(17)18-14-7-3-1-5-12(14)9-13-6-2-4-8-15(13)18/h1-11H,(H,20,21). The molecule has 0 aliphatic carbocycles. The Balaban J connectivity index is 2.22. The molecule has 4 rings (SSSR count). The van der Waals surface area contributed by atoms with E-state index in [0.29, 0.717) is 5.56 Å². The van der Waals surface area contributed by atoms with E-state index in [4.69, 9.17) is 0 Å². The van der Waals surface area contributed by atoms with Gasteiger partial charge in [-0.15, -0.1) is 0 Å². The molecule has 2 nitrogen and oxygen atoms in total. The molecule has 3 aromatic carbocycles. The van der Waals surface area contributed by atoms with Gasteiger partial charge in [0.2, 0.25) is 0 Å². The van der Waals surface area contributed by atoms with Crippen LogP contribution < -0.4 is 0 Å². The highest BCUT2D eigenvalue weighted by molar-refractivity contribution is 7.08. The molecule has 1 heterocycles. The van der Waals surface area contributed by atoms with Crippen LogP contribution in [0.2, 0.25) is 0 Å². The van der Waals surface area contributed by atoms with Crippen LogP contribution in [0.4, 0.5) is 0 Å².